The number of pyridine rings is 1. The van der Waals surface area contributed by atoms with Crippen LogP contribution in [0.15, 0.2) is 54.6 Å². The van der Waals surface area contributed by atoms with Gasteiger partial charge in [-0.2, -0.15) is 13.2 Å². The Labute approximate surface area is 139 Å². The second-order valence-electron chi connectivity index (χ2n) is 4.93. The van der Waals surface area contributed by atoms with E-state index in [4.69, 9.17) is 0 Å². The first-order chi connectivity index (χ1) is 10.5. The molecule has 0 unspecified atom stereocenters. The second-order valence-corrected chi connectivity index (χ2v) is 6.01. The molecule has 0 saturated heterocycles. The molecule has 0 aliphatic rings. The summed E-state index contributed by atoms with van der Waals surface area (Å²) in [4.78, 5) is 3.87. The maximum Gasteiger partial charge on any atom is 0.433 e. The zero-order chi connectivity index (χ0) is 15.7. The number of halogens is 4. The van der Waals surface area contributed by atoms with Crippen molar-refractivity contribution in [2.24, 2.45) is 0 Å². The van der Waals surface area contributed by atoms with Gasteiger partial charge in [0.1, 0.15) is 5.69 Å². The highest BCUT2D eigenvalue weighted by molar-refractivity contribution is 14.1. The Balaban J connectivity index is 2.24. The van der Waals surface area contributed by atoms with E-state index >= 15 is 0 Å². The average Bonchev–Trinajstić information content (AvgIpc) is 2.50. The van der Waals surface area contributed by atoms with Gasteiger partial charge in [0.25, 0.3) is 0 Å². The predicted molar refractivity (Wildman–Crippen MR) is 88.7 cm³/mol. The van der Waals surface area contributed by atoms with Crippen molar-refractivity contribution in [1.29, 1.82) is 0 Å². The molecule has 1 aromatic heterocycles. The summed E-state index contributed by atoms with van der Waals surface area (Å²) in [5, 5.41) is 0.752. The van der Waals surface area contributed by atoms with Crippen LogP contribution in [0.2, 0.25) is 0 Å². The van der Waals surface area contributed by atoms with Gasteiger partial charge in [-0.3, -0.25) is 0 Å². The second kappa shape index (κ2) is 5.87. The molecule has 0 amide bonds. The number of nitrogens with zero attached hydrogens (tertiary/aromatic N) is 1. The molecule has 1 heterocycles. The molecule has 2 aromatic carbocycles. The van der Waals surface area contributed by atoms with Gasteiger partial charge in [0.05, 0.1) is 5.52 Å². The first kappa shape index (κ1) is 15.3. The summed E-state index contributed by atoms with van der Waals surface area (Å²) in [6, 6.07) is 16.1. The molecule has 0 spiro atoms. The van der Waals surface area contributed by atoms with Crippen LogP contribution < -0.4 is 0 Å². The molecule has 1 nitrogen and oxygen atoms in total. The van der Waals surface area contributed by atoms with Crippen LogP contribution in [0.1, 0.15) is 16.8 Å². The van der Waals surface area contributed by atoms with E-state index in [9.17, 15) is 13.2 Å². The Kier molecular flexibility index (Phi) is 4.08. The maximum absolute atomic E-state index is 13.4. The number of benzene rings is 2. The van der Waals surface area contributed by atoms with Gasteiger partial charge in [0.2, 0.25) is 0 Å². The SMILES string of the molecule is FC(F)(F)c1nc2ccccc2c(I)c1Cc1ccccc1. The van der Waals surface area contributed by atoms with E-state index in [1.165, 1.54) is 0 Å². The van der Waals surface area contributed by atoms with Crippen molar-refractivity contribution in [2.75, 3.05) is 0 Å². The first-order valence-electron chi connectivity index (χ1n) is 6.65. The first-order valence-corrected chi connectivity index (χ1v) is 7.73. The number of hydrogen-bond acceptors (Lipinski definition) is 1. The molecule has 0 radical (unpaired) electrons. The molecule has 0 aliphatic carbocycles. The normalized spacial score (nSPS) is 11.8. The Morgan fingerprint density at radius 2 is 1.55 bits per heavy atom. The summed E-state index contributed by atoms with van der Waals surface area (Å²) < 4.78 is 40.8. The van der Waals surface area contributed by atoms with Gasteiger partial charge in [-0.25, -0.2) is 4.98 Å². The Morgan fingerprint density at radius 3 is 2.23 bits per heavy atom. The number of aromatic nitrogens is 1. The van der Waals surface area contributed by atoms with Crippen LogP contribution in [0, 0.1) is 3.57 Å². The molecule has 5 heteroatoms. The van der Waals surface area contributed by atoms with Crippen LogP contribution in [0.5, 0.6) is 0 Å². The monoisotopic (exact) mass is 413 g/mol. The topological polar surface area (TPSA) is 12.9 Å². The molecule has 3 rings (SSSR count). The van der Waals surface area contributed by atoms with Crippen molar-refractivity contribution in [1.82, 2.24) is 4.98 Å². The van der Waals surface area contributed by atoms with Gasteiger partial charge < -0.3 is 0 Å². The lowest BCUT2D eigenvalue weighted by Crippen LogP contribution is -2.14. The molecular formula is C17H11F3IN. The minimum Gasteiger partial charge on any atom is -0.243 e. The minimum absolute atomic E-state index is 0.214. The lowest BCUT2D eigenvalue weighted by atomic mass is 10.0. The van der Waals surface area contributed by atoms with Crippen LogP contribution in [-0.4, -0.2) is 4.98 Å². The third kappa shape index (κ3) is 2.95. The number of para-hydroxylation sites is 1. The van der Waals surface area contributed by atoms with Crippen molar-refractivity contribution in [2.45, 2.75) is 12.6 Å². The highest BCUT2D eigenvalue weighted by Crippen LogP contribution is 2.36. The molecule has 22 heavy (non-hydrogen) atoms. The quantitative estimate of drug-likeness (QED) is 0.510. The molecule has 0 saturated carbocycles. The van der Waals surface area contributed by atoms with E-state index in [2.05, 4.69) is 4.98 Å². The lowest BCUT2D eigenvalue weighted by molar-refractivity contribution is -0.141. The van der Waals surface area contributed by atoms with Crippen molar-refractivity contribution < 1.29 is 13.2 Å². The van der Waals surface area contributed by atoms with Crippen LogP contribution in [0.4, 0.5) is 13.2 Å². The van der Waals surface area contributed by atoms with Crippen molar-refractivity contribution >= 4 is 33.5 Å². The third-order valence-electron chi connectivity index (χ3n) is 3.42. The van der Waals surface area contributed by atoms with Gasteiger partial charge in [0, 0.05) is 20.9 Å². The van der Waals surface area contributed by atoms with E-state index < -0.39 is 11.9 Å². The lowest BCUT2D eigenvalue weighted by Gasteiger charge is -2.16. The van der Waals surface area contributed by atoms with Gasteiger partial charge in [-0.15, -0.1) is 0 Å². The smallest absolute Gasteiger partial charge is 0.243 e. The number of hydrogen-bond donors (Lipinski definition) is 0. The summed E-state index contributed by atoms with van der Waals surface area (Å²) in [7, 11) is 0. The number of fused-ring (bicyclic) bond motifs is 1. The van der Waals surface area contributed by atoms with Gasteiger partial charge in [-0.1, -0.05) is 48.5 Å². The van der Waals surface area contributed by atoms with E-state index in [1.807, 2.05) is 59.0 Å². The summed E-state index contributed by atoms with van der Waals surface area (Å²) in [6.45, 7) is 0. The van der Waals surface area contributed by atoms with Gasteiger partial charge in [0.15, 0.2) is 0 Å². The Morgan fingerprint density at radius 1 is 0.909 bits per heavy atom. The molecule has 0 bridgehead atoms. The van der Waals surface area contributed by atoms with E-state index in [-0.39, 0.29) is 12.0 Å². The summed E-state index contributed by atoms with van der Waals surface area (Å²) in [6.07, 6.45) is -4.25. The highest BCUT2D eigenvalue weighted by Gasteiger charge is 2.36. The summed E-state index contributed by atoms with van der Waals surface area (Å²) >= 11 is 1.99. The molecular weight excluding hydrogens is 402 g/mol. The minimum atomic E-state index is -4.46. The number of alkyl halides is 3. The average molecular weight is 413 g/mol. The molecule has 3 aromatic rings. The highest BCUT2D eigenvalue weighted by atomic mass is 127. The van der Waals surface area contributed by atoms with Crippen molar-refractivity contribution in [3.63, 3.8) is 0 Å². The fourth-order valence-electron chi connectivity index (χ4n) is 2.41. The van der Waals surface area contributed by atoms with Crippen LogP contribution >= 0.6 is 22.6 Å². The standard InChI is InChI=1S/C17H11F3IN/c18-17(19,20)16-13(10-11-6-2-1-3-7-11)15(21)12-8-4-5-9-14(12)22-16/h1-9H,10H2. The van der Waals surface area contributed by atoms with E-state index in [1.54, 1.807) is 18.2 Å². The van der Waals surface area contributed by atoms with E-state index in [0.717, 1.165) is 10.9 Å². The predicted octanol–water partition coefficient (Wildman–Crippen LogP) is 5.45. The molecule has 0 aliphatic heterocycles. The Bertz CT molecular complexity index is 813. The summed E-state index contributed by atoms with van der Waals surface area (Å²) in [5.41, 5.74) is 0.650. The van der Waals surface area contributed by atoms with Crippen molar-refractivity contribution in [3.8, 4) is 0 Å². The van der Waals surface area contributed by atoms with Gasteiger partial charge in [-0.05, 0) is 34.2 Å². The van der Waals surface area contributed by atoms with Gasteiger partial charge >= 0.3 is 6.18 Å². The van der Waals surface area contributed by atoms with Crippen LogP contribution in [-0.2, 0) is 12.6 Å². The molecule has 112 valence electrons. The summed E-state index contributed by atoms with van der Waals surface area (Å²) in [5.74, 6) is 0. The van der Waals surface area contributed by atoms with Crippen molar-refractivity contribution in [3.05, 3.63) is 75.0 Å². The zero-order valence-corrected chi connectivity index (χ0v) is 13.5. The van der Waals surface area contributed by atoms with Crippen LogP contribution in [0.25, 0.3) is 10.9 Å². The third-order valence-corrected chi connectivity index (χ3v) is 4.65. The molecule has 0 fully saturated rings. The Hall–Kier alpha value is -1.63. The fourth-order valence-corrected chi connectivity index (χ4v) is 3.31. The molecule has 0 atom stereocenters. The maximum atomic E-state index is 13.4. The van der Waals surface area contributed by atoms with Crippen LogP contribution in [0.3, 0.4) is 0 Å². The van der Waals surface area contributed by atoms with E-state index in [0.29, 0.717) is 9.09 Å². The largest absolute Gasteiger partial charge is 0.433 e. The number of rotatable bonds is 2. The zero-order valence-electron chi connectivity index (χ0n) is 11.4. The fraction of sp³-hybridized carbons (Fsp3) is 0.118. The molecule has 0 N–H and O–H groups in total.